The van der Waals surface area contributed by atoms with Gasteiger partial charge in [0.15, 0.2) is 0 Å². The summed E-state index contributed by atoms with van der Waals surface area (Å²) in [6, 6.07) is 12.9. The van der Waals surface area contributed by atoms with Gasteiger partial charge in [-0.2, -0.15) is 0 Å². The molecule has 1 N–H and O–H groups in total. The fourth-order valence-electron chi connectivity index (χ4n) is 2.62. The van der Waals surface area contributed by atoms with Gasteiger partial charge in [-0.25, -0.2) is 0 Å². The van der Waals surface area contributed by atoms with E-state index in [1.54, 1.807) is 0 Å². The van der Waals surface area contributed by atoms with Crippen LogP contribution in [-0.4, -0.2) is 11.2 Å². The molecule has 0 aliphatic carbocycles. The minimum atomic E-state index is -0.323. The summed E-state index contributed by atoms with van der Waals surface area (Å²) in [7, 11) is 0. The Morgan fingerprint density at radius 1 is 0.750 bits per heavy atom. The van der Waals surface area contributed by atoms with Crippen molar-refractivity contribution >= 4 is 0 Å². The second-order valence-electron chi connectivity index (χ2n) is 5.92. The van der Waals surface area contributed by atoms with Crippen molar-refractivity contribution in [2.24, 2.45) is 0 Å². The van der Waals surface area contributed by atoms with Crippen LogP contribution in [0.15, 0.2) is 36.4 Å². The van der Waals surface area contributed by atoms with E-state index in [2.05, 4.69) is 64.1 Å². The lowest BCUT2D eigenvalue weighted by Gasteiger charge is -2.15. The molecule has 0 radical (unpaired) electrons. The highest BCUT2D eigenvalue weighted by Crippen LogP contribution is 2.17. The van der Waals surface area contributed by atoms with Crippen LogP contribution in [0.3, 0.4) is 0 Å². The number of aliphatic hydroxyl groups excluding tert-OH is 1. The molecule has 0 spiro atoms. The van der Waals surface area contributed by atoms with E-state index in [9.17, 15) is 5.11 Å². The van der Waals surface area contributed by atoms with Gasteiger partial charge in [0, 0.05) is 0 Å². The molecule has 2 aromatic carbocycles. The van der Waals surface area contributed by atoms with Gasteiger partial charge < -0.3 is 5.11 Å². The van der Waals surface area contributed by atoms with Crippen molar-refractivity contribution in [3.05, 3.63) is 69.8 Å². The first-order chi connectivity index (χ1) is 9.45. The van der Waals surface area contributed by atoms with Crippen LogP contribution in [0.4, 0.5) is 0 Å². The van der Waals surface area contributed by atoms with E-state index in [4.69, 9.17) is 0 Å². The van der Waals surface area contributed by atoms with Crippen LogP contribution in [0, 0.1) is 27.7 Å². The van der Waals surface area contributed by atoms with E-state index in [1.165, 1.54) is 33.4 Å². The summed E-state index contributed by atoms with van der Waals surface area (Å²) < 4.78 is 0. The zero-order valence-corrected chi connectivity index (χ0v) is 12.9. The Balaban J connectivity index is 2.10. The van der Waals surface area contributed by atoms with Gasteiger partial charge in [0.1, 0.15) is 0 Å². The summed E-state index contributed by atoms with van der Waals surface area (Å²) in [4.78, 5) is 0. The first-order valence-electron chi connectivity index (χ1n) is 7.26. The fourth-order valence-corrected chi connectivity index (χ4v) is 2.62. The Kier molecular flexibility index (Phi) is 4.61. The molecule has 0 bridgehead atoms. The second-order valence-corrected chi connectivity index (χ2v) is 5.92. The Hall–Kier alpha value is -1.60. The van der Waals surface area contributed by atoms with Crippen LogP contribution in [0.25, 0.3) is 0 Å². The zero-order chi connectivity index (χ0) is 14.7. The molecule has 1 heteroatoms. The minimum absolute atomic E-state index is 0.323. The first-order valence-corrected chi connectivity index (χ1v) is 7.26. The van der Waals surface area contributed by atoms with Gasteiger partial charge in [-0.05, 0) is 62.8 Å². The van der Waals surface area contributed by atoms with Crippen molar-refractivity contribution in [2.75, 3.05) is 0 Å². The van der Waals surface area contributed by atoms with E-state index in [1.807, 2.05) is 0 Å². The Labute approximate surface area is 122 Å². The number of aryl methyl sites for hydroxylation is 4. The molecule has 2 aromatic rings. The van der Waals surface area contributed by atoms with Crippen LogP contribution < -0.4 is 0 Å². The minimum Gasteiger partial charge on any atom is -0.392 e. The standard InChI is InChI=1S/C19H24O/c1-13-5-7-15(3)17(9-13)11-19(20)12-18-10-14(2)6-8-16(18)4/h5-10,19-20H,11-12H2,1-4H3. The smallest absolute Gasteiger partial charge is 0.0621 e. The van der Waals surface area contributed by atoms with Crippen LogP contribution in [0.2, 0.25) is 0 Å². The largest absolute Gasteiger partial charge is 0.392 e. The van der Waals surface area contributed by atoms with Gasteiger partial charge in [-0.15, -0.1) is 0 Å². The lowest BCUT2D eigenvalue weighted by molar-refractivity contribution is 0.175. The van der Waals surface area contributed by atoms with E-state index in [0.29, 0.717) is 0 Å². The number of rotatable bonds is 4. The van der Waals surface area contributed by atoms with Crippen LogP contribution in [0.5, 0.6) is 0 Å². The maximum absolute atomic E-state index is 10.4. The lowest BCUT2D eigenvalue weighted by atomic mass is 9.94. The normalized spacial score (nSPS) is 11.1. The number of hydrogen-bond acceptors (Lipinski definition) is 1. The predicted octanol–water partition coefficient (Wildman–Crippen LogP) is 4.07. The van der Waals surface area contributed by atoms with E-state index in [0.717, 1.165) is 12.8 Å². The SMILES string of the molecule is Cc1ccc(C)c(CC(O)Cc2cc(C)ccc2C)c1. The topological polar surface area (TPSA) is 20.2 Å². The maximum atomic E-state index is 10.4. The molecule has 0 atom stereocenters. The van der Waals surface area contributed by atoms with Gasteiger partial charge in [0.2, 0.25) is 0 Å². The average Bonchev–Trinajstić information content (AvgIpc) is 2.38. The first kappa shape index (κ1) is 14.8. The van der Waals surface area contributed by atoms with Crippen molar-refractivity contribution in [3.63, 3.8) is 0 Å². The molecule has 0 aliphatic heterocycles. The summed E-state index contributed by atoms with van der Waals surface area (Å²) in [5, 5.41) is 10.4. The molecule has 0 amide bonds. The van der Waals surface area contributed by atoms with Gasteiger partial charge in [0.05, 0.1) is 6.10 Å². The Bertz CT molecular complexity index is 545. The molecule has 0 saturated carbocycles. The summed E-state index contributed by atoms with van der Waals surface area (Å²) in [6.07, 6.45) is 1.12. The highest BCUT2D eigenvalue weighted by Gasteiger charge is 2.10. The summed E-state index contributed by atoms with van der Waals surface area (Å²) in [6.45, 7) is 8.42. The predicted molar refractivity (Wildman–Crippen MR) is 85.2 cm³/mol. The summed E-state index contributed by atoms with van der Waals surface area (Å²) in [5.74, 6) is 0. The van der Waals surface area contributed by atoms with E-state index < -0.39 is 0 Å². The highest BCUT2D eigenvalue weighted by atomic mass is 16.3. The molecule has 0 saturated heterocycles. The molecule has 0 aliphatic rings. The third kappa shape index (κ3) is 3.71. The quantitative estimate of drug-likeness (QED) is 0.886. The van der Waals surface area contributed by atoms with Crippen molar-refractivity contribution in [3.8, 4) is 0 Å². The Morgan fingerprint density at radius 2 is 1.15 bits per heavy atom. The molecule has 20 heavy (non-hydrogen) atoms. The molecule has 2 rings (SSSR count). The molecule has 0 heterocycles. The van der Waals surface area contributed by atoms with Gasteiger partial charge in [0.25, 0.3) is 0 Å². The molecule has 0 aromatic heterocycles. The third-order valence-electron chi connectivity index (χ3n) is 3.92. The van der Waals surface area contributed by atoms with Crippen LogP contribution in [-0.2, 0) is 12.8 Å². The number of hydrogen-bond donors (Lipinski definition) is 1. The molecular formula is C19H24O. The van der Waals surface area contributed by atoms with Crippen LogP contribution in [0.1, 0.15) is 33.4 Å². The number of benzene rings is 2. The highest BCUT2D eigenvalue weighted by molar-refractivity contribution is 5.33. The molecule has 0 unspecified atom stereocenters. The van der Waals surface area contributed by atoms with Crippen molar-refractivity contribution in [1.82, 2.24) is 0 Å². The molecule has 106 valence electrons. The van der Waals surface area contributed by atoms with Gasteiger partial charge in [-0.3, -0.25) is 0 Å². The van der Waals surface area contributed by atoms with Crippen molar-refractivity contribution < 1.29 is 5.11 Å². The summed E-state index contributed by atoms with van der Waals surface area (Å²) in [5.41, 5.74) is 7.53. The number of aliphatic hydroxyl groups is 1. The third-order valence-corrected chi connectivity index (χ3v) is 3.92. The van der Waals surface area contributed by atoms with Gasteiger partial charge >= 0.3 is 0 Å². The van der Waals surface area contributed by atoms with Crippen molar-refractivity contribution in [1.29, 1.82) is 0 Å². The van der Waals surface area contributed by atoms with E-state index in [-0.39, 0.29) is 6.10 Å². The lowest BCUT2D eigenvalue weighted by Crippen LogP contribution is -2.15. The second kappa shape index (κ2) is 6.23. The van der Waals surface area contributed by atoms with E-state index >= 15 is 0 Å². The average molecular weight is 268 g/mol. The zero-order valence-electron chi connectivity index (χ0n) is 12.9. The maximum Gasteiger partial charge on any atom is 0.0621 e. The molecule has 1 nitrogen and oxygen atoms in total. The van der Waals surface area contributed by atoms with Gasteiger partial charge in [-0.1, -0.05) is 47.5 Å². The Morgan fingerprint density at radius 3 is 1.55 bits per heavy atom. The monoisotopic (exact) mass is 268 g/mol. The molecular weight excluding hydrogens is 244 g/mol. The van der Waals surface area contributed by atoms with Crippen molar-refractivity contribution in [2.45, 2.75) is 46.6 Å². The fraction of sp³-hybridized carbons (Fsp3) is 0.368. The van der Waals surface area contributed by atoms with Crippen LogP contribution >= 0.6 is 0 Å². The summed E-state index contributed by atoms with van der Waals surface area (Å²) >= 11 is 0. The molecule has 0 fully saturated rings.